The van der Waals surface area contributed by atoms with E-state index in [1.807, 2.05) is 61.2 Å². The van der Waals surface area contributed by atoms with Gasteiger partial charge in [0.2, 0.25) is 5.91 Å². The highest BCUT2D eigenvalue weighted by atomic mass is 16.2. The predicted molar refractivity (Wildman–Crippen MR) is 110 cm³/mol. The topological polar surface area (TPSA) is 49.4 Å². The Morgan fingerprint density at radius 2 is 1.71 bits per heavy atom. The third-order valence-corrected chi connectivity index (χ3v) is 6.17. The third kappa shape index (κ3) is 3.11. The molecule has 1 saturated carbocycles. The van der Waals surface area contributed by atoms with Gasteiger partial charge in [0.25, 0.3) is 5.91 Å². The molecule has 1 spiro atoms. The summed E-state index contributed by atoms with van der Waals surface area (Å²) in [6.07, 6.45) is 3.84. The van der Waals surface area contributed by atoms with Crippen LogP contribution in [-0.4, -0.2) is 28.3 Å². The Balaban J connectivity index is 1.84. The van der Waals surface area contributed by atoms with Gasteiger partial charge in [-0.2, -0.15) is 0 Å². The average molecular weight is 377 g/mol. The highest BCUT2D eigenvalue weighted by Crippen LogP contribution is 2.50. The molecule has 4 rings (SSSR count). The summed E-state index contributed by atoms with van der Waals surface area (Å²) < 4.78 is 0. The number of carbonyl (C=O) groups excluding carboxylic acids is 2. The van der Waals surface area contributed by atoms with Gasteiger partial charge in [-0.15, -0.1) is 0 Å². The Morgan fingerprint density at radius 3 is 2.39 bits per heavy atom. The molecule has 0 bridgehead atoms. The first kappa shape index (κ1) is 18.7. The van der Waals surface area contributed by atoms with Gasteiger partial charge in [-0.25, -0.2) is 0 Å². The van der Waals surface area contributed by atoms with E-state index in [4.69, 9.17) is 0 Å². The van der Waals surface area contributed by atoms with Crippen LogP contribution in [0.2, 0.25) is 0 Å². The number of benzene rings is 2. The highest BCUT2D eigenvalue weighted by Gasteiger charge is 2.55. The largest absolute Gasteiger partial charge is 0.353 e. The van der Waals surface area contributed by atoms with Crippen molar-refractivity contribution in [3.05, 3.63) is 71.3 Å². The molecule has 1 atom stereocenters. The van der Waals surface area contributed by atoms with Crippen LogP contribution >= 0.6 is 0 Å². The highest BCUT2D eigenvalue weighted by molar-refractivity contribution is 6.02. The van der Waals surface area contributed by atoms with E-state index >= 15 is 0 Å². The molecule has 1 N–H and O–H groups in total. The number of hydrogen-bond donors (Lipinski definition) is 1. The van der Waals surface area contributed by atoms with E-state index in [0.29, 0.717) is 12.1 Å². The molecule has 1 fully saturated rings. The van der Waals surface area contributed by atoms with Crippen molar-refractivity contribution in [3.63, 3.8) is 0 Å². The van der Waals surface area contributed by atoms with E-state index in [2.05, 4.69) is 17.4 Å². The molecular formula is C24H28N2O2. The molecule has 0 unspecified atom stereocenters. The first-order chi connectivity index (χ1) is 13.5. The summed E-state index contributed by atoms with van der Waals surface area (Å²) in [4.78, 5) is 29.0. The van der Waals surface area contributed by atoms with Gasteiger partial charge >= 0.3 is 0 Å². The van der Waals surface area contributed by atoms with Crippen molar-refractivity contribution in [1.82, 2.24) is 10.2 Å². The quantitative estimate of drug-likeness (QED) is 0.867. The minimum absolute atomic E-state index is 0.0370. The lowest BCUT2D eigenvalue weighted by Crippen LogP contribution is -2.60. The van der Waals surface area contributed by atoms with Crippen LogP contribution in [0.25, 0.3) is 0 Å². The fraction of sp³-hybridized carbons (Fsp3) is 0.417. The molecule has 146 valence electrons. The molecule has 4 heteroatoms. The van der Waals surface area contributed by atoms with E-state index in [1.54, 1.807) is 0 Å². The molecule has 2 aromatic rings. The van der Waals surface area contributed by atoms with Gasteiger partial charge in [-0.05, 0) is 43.9 Å². The fourth-order valence-electron chi connectivity index (χ4n) is 5.03. The number of carbonyl (C=O) groups is 2. The summed E-state index contributed by atoms with van der Waals surface area (Å²) >= 11 is 0. The van der Waals surface area contributed by atoms with Gasteiger partial charge < -0.3 is 10.2 Å². The zero-order valence-electron chi connectivity index (χ0n) is 16.7. The molecule has 0 radical (unpaired) electrons. The van der Waals surface area contributed by atoms with Crippen LogP contribution in [0.3, 0.4) is 0 Å². The van der Waals surface area contributed by atoms with Gasteiger partial charge in [0.15, 0.2) is 0 Å². The average Bonchev–Trinajstić information content (AvgIpc) is 3.15. The predicted octanol–water partition coefficient (Wildman–Crippen LogP) is 4.26. The normalized spacial score (nSPS) is 20.5. The van der Waals surface area contributed by atoms with Crippen LogP contribution in [0.1, 0.15) is 66.9 Å². The van der Waals surface area contributed by atoms with Gasteiger partial charge in [-0.1, -0.05) is 61.4 Å². The molecule has 1 aliphatic heterocycles. The number of rotatable bonds is 4. The van der Waals surface area contributed by atoms with Crippen molar-refractivity contribution < 1.29 is 9.59 Å². The maximum Gasteiger partial charge on any atom is 0.254 e. The number of fused-ring (bicyclic) bond motifs is 1. The number of hydrogen-bond acceptors (Lipinski definition) is 2. The minimum atomic E-state index is -0.444. The molecule has 0 saturated heterocycles. The first-order valence-electron chi connectivity index (χ1n) is 10.3. The maximum absolute atomic E-state index is 13.6. The number of nitrogens with one attached hydrogen (secondary N) is 1. The molecule has 1 aliphatic carbocycles. The zero-order chi connectivity index (χ0) is 19.7. The molecule has 2 aromatic carbocycles. The summed E-state index contributed by atoms with van der Waals surface area (Å²) in [6, 6.07) is 17.8. The molecule has 2 amide bonds. The molecule has 0 aromatic heterocycles. The SMILES string of the molecule is CC(C)NC(=O)[C@H]1c2ccccc2C(=O)N(Cc2ccccc2)C12CCCC2. The maximum atomic E-state index is 13.6. The Hall–Kier alpha value is -2.62. The smallest absolute Gasteiger partial charge is 0.254 e. The summed E-state index contributed by atoms with van der Waals surface area (Å²) in [5, 5.41) is 3.13. The second-order valence-corrected chi connectivity index (χ2v) is 8.37. The standard InChI is InChI=1S/C24H28N2O2/c1-17(2)25-22(27)21-19-12-6-7-13-20(19)23(28)26(24(21)14-8-9-15-24)16-18-10-4-3-5-11-18/h3-7,10-13,17,21H,8-9,14-16H2,1-2H3,(H,25,27)/t21-/m1/s1. The van der Waals surface area contributed by atoms with Gasteiger partial charge in [0.05, 0.1) is 11.5 Å². The van der Waals surface area contributed by atoms with Crippen LogP contribution in [0.4, 0.5) is 0 Å². The van der Waals surface area contributed by atoms with Gasteiger partial charge in [0, 0.05) is 18.2 Å². The van der Waals surface area contributed by atoms with E-state index in [1.165, 1.54) is 0 Å². The van der Waals surface area contributed by atoms with Gasteiger partial charge in [0.1, 0.15) is 0 Å². The van der Waals surface area contributed by atoms with E-state index in [9.17, 15) is 9.59 Å². The summed E-state index contributed by atoms with van der Waals surface area (Å²) in [7, 11) is 0. The molecule has 1 heterocycles. The van der Waals surface area contributed by atoms with Crippen LogP contribution in [0.15, 0.2) is 54.6 Å². The lowest BCUT2D eigenvalue weighted by molar-refractivity contribution is -0.127. The molecule has 28 heavy (non-hydrogen) atoms. The Labute approximate surface area is 166 Å². The van der Waals surface area contributed by atoms with Crippen LogP contribution in [0.5, 0.6) is 0 Å². The van der Waals surface area contributed by atoms with Gasteiger partial charge in [-0.3, -0.25) is 9.59 Å². The minimum Gasteiger partial charge on any atom is -0.353 e. The number of nitrogens with zero attached hydrogens (tertiary/aromatic N) is 1. The summed E-state index contributed by atoms with van der Waals surface area (Å²) in [5.74, 6) is -0.236. The Kier molecular flexibility index (Phi) is 4.96. The van der Waals surface area contributed by atoms with Crippen LogP contribution in [-0.2, 0) is 11.3 Å². The van der Waals surface area contributed by atoms with Crippen molar-refractivity contribution in [2.75, 3.05) is 0 Å². The van der Waals surface area contributed by atoms with Crippen LogP contribution in [0, 0.1) is 0 Å². The third-order valence-electron chi connectivity index (χ3n) is 6.17. The summed E-state index contributed by atoms with van der Waals surface area (Å²) in [5.41, 5.74) is 2.21. The first-order valence-corrected chi connectivity index (χ1v) is 10.3. The molecular weight excluding hydrogens is 348 g/mol. The molecule has 4 nitrogen and oxygen atoms in total. The fourth-order valence-corrected chi connectivity index (χ4v) is 5.03. The Morgan fingerprint density at radius 1 is 1.07 bits per heavy atom. The lowest BCUT2D eigenvalue weighted by Gasteiger charge is -2.50. The van der Waals surface area contributed by atoms with Crippen molar-refractivity contribution in [1.29, 1.82) is 0 Å². The van der Waals surface area contributed by atoms with Crippen molar-refractivity contribution in [2.45, 2.75) is 63.6 Å². The Bertz CT molecular complexity index is 869. The van der Waals surface area contributed by atoms with Crippen molar-refractivity contribution in [2.24, 2.45) is 0 Å². The number of amides is 2. The lowest BCUT2D eigenvalue weighted by atomic mass is 9.70. The van der Waals surface area contributed by atoms with Crippen molar-refractivity contribution >= 4 is 11.8 Å². The van der Waals surface area contributed by atoms with E-state index in [0.717, 1.165) is 36.8 Å². The summed E-state index contributed by atoms with van der Waals surface area (Å²) in [6.45, 7) is 4.52. The molecule has 2 aliphatic rings. The second-order valence-electron chi connectivity index (χ2n) is 8.37. The van der Waals surface area contributed by atoms with E-state index in [-0.39, 0.29) is 23.8 Å². The van der Waals surface area contributed by atoms with Crippen molar-refractivity contribution in [3.8, 4) is 0 Å². The monoisotopic (exact) mass is 376 g/mol. The zero-order valence-corrected chi connectivity index (χ0v) is 16.7. The van der Waals surface area contributed by atoms with Crippen LogP contribution < -0.4 is 5.32 Å². The second kappa shape index (κ2) is 7.42. The van der Waals surface area contributed by atoms with E-state index < -0.39 is 5.54 Å².